The summed E-state index contributed by atoms with van der Waals surface area (Å²) in [6, 6.07) is 1.09. The van der Waals surface area contributed by atoms with Gasteiger partial charge in [0, 0.05) is 67.5 Å². The number of phenolic OH excluding ortho intramolecular Hbond substituents is 2. The number of amides is 1. The van der Waals surface area contributed by atoms with Crippen molar-refractivity contribution < 1.29 is 64.0 Å². The van der Waals surface area contributed by atoms with Crippen molar-refractivity contribution in [1.29, 1.82) is 0 Å². The molecular formula is C43H58N2O13. The van der Waals surface area contributed by atoms with Crippen LogP contribution in [0, 0.1) is 24.7 Å². The number of carbonyl (C=O) groups is 3. The molecule has 0 radical (unpaired) electrons. The molecule has 2 aromatic rings. The Bertz CT molecular complexity index is 2020. The summed E-state index contributed by atoms with van der Waals surface area (Å²) in [6.45, 7) is 14.0. The fraction of sp³-hybridized carbons (Fsp3) is 0.558. The molecule has 0 spiro atoms. The number of Topliss-reactive ketones (excluding diaryl/α,β-unsaturated/α-hetero) is 1. The summed E-state index contributed by atoms with van der Waals surface area (Å²) in [5, 5.41) is 71.3. The van der Waals surface area contributed by atoms with E-state index in [1.54, 1.807) is 27.7 Å². The fourth-order valence-corrected chi connectivity index (χ4v) is 8.50. The Labute approximate surface area is 338 Å². The summed E-state index contributed by atoms with van der Waals surface area (Å²) < 4.78 is 23.8. The molecule has 0 aliphatic carbocycles. The minimum Gasteiger partial charge on any atom is -0.507 e. The van der Waals surface area contributed by atoms with Crippen LogP contribution in [0.15, 0.2) is 42.2 Å². The molecule has 58 heavy (non-hydrogen) atoms. The second-order valence-corrected chi connectivity index (χ2v) is 16.4. The number of anilines is 2. The number of hydrogen-bond donors (Lipinski definition) is 7. The quantitative estimate of drug-likeness (QED) is 0.167. The van der Waals surface area contributed by atoms with Crippen LogP contribution >= 0.6 is 0 Å². The first-order chi connectivity index (χ1) is 27.1. The number of nitrogens with zero attached hydrogens (tertiary/aromatic N) is 1. The number of carbonyl (C=O) groups excluding carboxylic acids is 3. The molecule has 15 heteroatoms. The highest BCUT2D eigenvalue weighted by molar-refractivity contribution is 6.23. The third kappa shape index (κ3) is 8.15. The van der Waals surface area contributed by atoms with Crippen LogP contribution in [0.5, 0.6) is 17.2 Å². The van der Waals surface area contributed by atoms with Gasteiger partial charge in [0.1, 0.15) is 23.2 Å². The van der Waals surface area contributed by atoms with Gasteiger partial charge in [0.05, 0.1) is 53.4 Å². The van der Waals surface area contributed by atoms with Gasteiger partial charge in [0.2, 0.25) is 0 Å². The van der Waals surface area contributed by atoms with Gasteiger partial charge < -0.3 is 59.8 Å². The number of fused-ring (bicyclic) bond motifs is 14. The van der Waals surface area contributed by atoms with Crippen LogP contribution in [-0.2, 0) is 23.8 Å². The number of hydrogen-bond acceptors (Lipinski definition) is 14. The van der Waals surface area contributed by atoms with Crippen molar-refractivity contribution in [3.8, 4) is 17.2 Å². The topological polar surface area (TPSA) is 225 Å². The molecule has 4 heterocycles. The van der Waals surface area contributed by atoms with Gasteiger partial charge in [0.15, 0.2) is 5.75 Å². The van der Waals surface area contributed by atoms with Gasteiger partial charge in [-0.05, 0) is 52.7 Å². The van der Waals surface area contributed by atoms with Gasteiger partial charge in [-0.25, -0.2) is 0 Å². The van der Waals surface area contributed by atoms with E-state index in [0.717, 1.165) is 0 Å². The van der Waals surface area contributed by atoms with Crippen LogP contribution in [0.2, 0.25) is 0 Å². The van der Waals surface area contributed by atoms with E-state index in [4.69, 9.17) is 18.9 Å². The van der Waals surface area contributed by atoms with E-state index >= 15 is 0 Å². The van der Waals surface area contributed by atoms with Crippen molar-refractivity contribution in [3.05, 3.63) is 53.3 Å². The first-order valence-corrected chi connectivity index (χ1v) is 19.6. The highest BCUT2D eigenvalue weighted by Gasteiger charge is 2.50. The van der Waals surface area contributed by atoms with E-state index in [1.165, 1.54) is 78.4 Å². The Morgan fingerprint density at radius 2 is 1.72 bits per heavy atom. The lowest BCUT2D eigenvalue weighted by molar-refractivity contribution is -0.162. The lowest BCUT2D eigenvalue weighted by atomic mass is 9.77. The van der Waals surface area contributed by atoms with Crippen molar-refractivity contribution in [2.24, 2.45) is 17.8 Å². The molecule has 6 rings (SSSR count). The van der Waals surface area contributed by atoms with Gasteiger partial charge in [-0.15, -0.1) is 0 Å². The highest BCUT2D eigenvalue weighted by Crippen LogP contribution is 2.54. The Morgan fingerprint density at radius 1 is 1.05 bits per heavy atom. The summed E-state index contributed by atoms with van der Waals surface area (Å²) in [7, 11) is 1.43. The molecule has 5 bridgehead atoms. The smallest absolute Gasteiger partial charge is 0.312 e. The number of aliphatic hydroxyl groups is 4. The summed E-state index contributed by atoms with van der Waals surface area (Å²) in [6.07, 6.45) is 2.66. The van der Waals surface area contributed by atoms with Crippen molar-refractivity contribution in [3.63, 3.8) is 0 Å². The average Bonchev–Trinajstić information content (AvgIpc) is 3.76. The molecule has 318 valence electrons. The molecule has 2 aromatic carbocycles. The number of esters is 1. The number of nitrogens with one attached hydrogen (secondary N) is 1. The fourth-order valence-electron chi connectivity index (χ4n) is 8.50. The second kappa shape index (κ2) is 16.9. The summed E-state index contributed by atoms with van der Waals surface area (Å²) in [5.41, 5.74) is -1.35. The maximum absolute atomic E-state index is 14.6. The van der Waals surface area contributed by atoms with Crippen molar-refractivity contribution >= 4 is 39.8 Å². The lowest BCUT2D eigenvalue weighted by Gasteiger charge is -2.39. The standard InChI is InChI=1S/C43H58N2O13/c1-20-13-11-16-42(8,54)39(51)24(5)34(48)22(3)37(57-26(7)47)21(2)30(55-10)15-18-56-43(9)40(52)33-31-29(45-17-12-14-28(45)25(6)46)19-27(44-41(20)53)36(50)32(31)35(49)23(4)38(33)58-43/h11,13,15-16,18-19,21-22,24-25,28,30,34,37,39,46,48-51,54H,12,14,17H2,1-10H3,(H,44,53)/b16-11-,18-15?,20-13-/t21-,22-,24+,25?,28?,30+,34+,37-,39-,42-,43+/m1/s1. The van der Waals surface area contributed by atoms with Gasteiger partial charge >= 0.3 is 11.8 Å². The predicted octanol–water partition coefficient (Wildman–Crippen LogP) is 4.51. The zero-order chi connectivity index (χ0) is 43.2. The van der Waals surface area contributed by atoms with Crippen LogP contribution in [-0.4, -0.2) is 110 Å². The van der Waals surface area contributed by atoms with E-state index < -0.39 is 94.9 Å². The molecule has 2 unspecified atom stereocenters. The van der Waals surface area contributed by atoms with Gasteiger partial charge in [-0.1, -0.05) is 39.0 Å². The van der Waals surface area contributed by atoms with Gasteiger partial charge in [0.25, 0.3) is 11.7 Å². The largest absolute Gasteiger partial charge is 0.507 e. The molecule has 0 saturated carbocycles. The highest BCUT2D eigenvalue weighted by atomic mass is 16.7. The minimum atomic E-state index is -1.98. The molecule has 15 nitrogen and oxygen atoms in total. The summed E-state index contributed by atoms with van der Waals surface area (Å²) in [5.74, 6) is -7.18. The third-order valence-electron chi connectivity index (χ3n) is 12.0. The normalized spacial score (nSPS) is 34.3. The van der Waals surface area contributed by atoms with E-state index in [0.29, 0.717) is 25.1 Å². The van der Waals surface area contributed by atoms with Crippen LogP contribution in [0.1, 0.15) is 84.2 Å². The zero-order valence-electron chi connectivity index (χ0n) is 34.8. The van der Waals surface area contributed by atoms with Crippen LogP contribution in [0.4, 0.5) is 11.4 Å². The Morgan fingerprint density at radius 3 is 2.34 bits per heavy atom. The number of ether oxygens (including phenoxy) is 4. The van der Waals surface area contributed by atoms with Gasteiger partial charge in [-0.3, -0.25) is 14.4 Å². The Hall–Kier alpha value is -4.67. The number of aliphatic hydroxyl groups excluding tert-OH is 3. The molecule has 7 N–H and O–H groups in total. The third-order valence-corrected chi connectivity index (χ3v) is 12.0. The number of methoxy groups -OCH3 is 1. The van der Waals surface area contributed by atoms with Crippen molar-refractivity contribution in [2.75, 3.05) is 23.9 Å². The number of aromatic hydroxyl groups is 2. The zero-order valence-corrected chi connectivity index (χ0v) is 34.8. The number of ketones is 1. The Kier molecular flexibility index (Phi) is 12.9. The molecule has 4 aliphatic rings. The molecule has 0 aromatic heterocycles. The number of rotatable bonds is 4. The first kappa shape index (κ1) is 44.4. The maximum atomic E-state index is 14.6. The van der Waals surface area contributed by atoms with Crippen molar-refractivity contribution in [2.45, 2.75) is 123 Å². The molecular weight excluding hydrogens is 752 g/mol. The number of phenols is 2. The van der Waals surface area contributed by atoms with Gasteiger partial charge in [-0.2, -0.15) is 0 Å². The van der Waals surface area contributed by atoms with Crippen LogP contribution < -0.4 is 15.0 Å². The summed E-state index contributed by atoms with van der Waals surface area (Å²) in [4.78, 5) is 42.5. The van der Waals surface area contributed by atoms with E-state index in [2.05, 4.69) is 5.32 Å². The van der Waals surface area contributed by atoms with Crippen LogP contribution in [0.25, 0.3) is 10.8 Å². The number of allylic oxidation sites excluding steroid dienone is 2. The summed E-state index contributed by atoms with van der Waals surface area (Å²) >= 11 is 0. The van der Waals surface area contributed by atoms with E-state index in [9.17, 15) is 45.0 Å². The van der Waals surface area contributed by atoms with Crippen molar-refractivity contribution in [1.82, 2.24) is 0 Å². The predicted molar refractivity (Wildman–Crippen MR) is 216 cm³/mol. The molecule has 1 fully saturated rings. The maximum Gasteiger partial charge on any atom is 0.312 e. The molecule has 1 saturated heterocycles. The second-order valence-electron chi connectivity index (χ2n) is 16.4. The van der Waals surface area contributed by atoms with E-state index in [1.807, 2.05) is 4.90 Å². The molecule has 4 aliphatic heterocycles. The van der Waals surface area contributed by atoms with Crippen LogP contribution in [0.3, 0.4) is 0 Å². The molecule has 1 amide bonds. The lowest BCUT2D eigenvalue weighted by Crippen LogP contribution is -2.50. The first-order valence-electron chi connectivity index (χ1n) is 19.6. The Balaban J connectivity index is 1.73. The average molecular weight is 811 g/mol. The minimum absolute atomic E-state index is 0.0220. The molecule has 11 atom stereocenters. The monoisotopic (exact) mass is 810 g/mol. The number of benzene rings is 2. The van der Waals surface area contributed by atoms with E-state index in [-0.39, 0.29) is 38.9 Å². The SMILES string of the molecule is CO[C@H]1C=CO[C@@]2(C)Oc3c(C)c(O)c4c(O)c(cc(N5CCCC5C(C)O)c4c3C2=O)NC(=O)/C(C)=C\C=C/[C@@](C)(O)[C@H](O)[C@@H](C)[C@@H](O)[C@@H](C)[C@H](OC(C)=O)[C@@H]1C.